The van der Waals surface area contributed by atoms with Crippen LogP contribution in [0.1, 0.15) is 0 Å². The first-order valence-corrected chi connectivity index (χ1v) is 8.48. The Morgan fingerprint density at radius 1 is 1.45 bits per heavy atom. The van der Waals surface area contributed by atoms with E-state index >= 15 is 0 Å². The first-order valence-electron chi connectivity index (χ1n) is 6.74. The highest BCUT2D eigenvalue weighted by Crippen LogP contribution is 2.29. The van der Waals surface area contributed by atoms with Crippen molar-refractivity contribution in [1.29, 1.82) is 0 Å². The number of hydrogen-bond donors (Lipinski definition) is 1. The maximum atomic E-state index is 6.15. The predicted octanol–water partition coefficient (Wildman–Crippen LogP) is 3.01. The van der Waals surface area contributed by atoms with E-state index in [0.717, 1.165) is 53.5 Å². The van der Waals surface area contributed by atoms with Crippen LogP contribution in [0.3, 0.4) is 0 Å². The summed E-state index contributed by atoms with van der Waals surface area (Å²) >= 11 is 13.9. The van der Waals surface area contributed by atoms with Crippen LogP contribution in [0.15, 0.2) is 23.1 Å². The summed E-state index contributed by atoms with van der Waals surface area (Å²) in [7, 11) is 2.12. The van der Waals surface area contributed by atoms with E-state index in [0.29, 0.717) is 6.10 Å². The molecule has 0 amide bonds. The Bertz CT molecular complexity index is 428. The molecular weight excluding hydrogens is 315 g/mol. The Labute approximate surface area is 134 Å². The monoisotopic (exact) mass is 334 g/mol. The van der Waals surface area contributed by atoms with E-state index in [4.69, 9.17) is 27.9 Å². The molecule has 0 aromatic heterocycles. The van der Waals surface area contributed by atoms with Crippen LogP contribution in [-0.4, -0.2) is 56.6 Å². The Hall–Kier alpha value is 0.0300. The Morgan fingerprint density at radius 3 is 3.05 bits per heavy atom. The second-order valence-electron chi connectivity index (χ2n) is 4.88. The number of rotatable bonds is 6. The third kappa shape index (κ3) is 5.43. The van der Waals surface area contributed by atoms with Crippen LogP contribution in [-0.2, 0) is 4.74 Å². The molecule has 0 aliphatic carbocycles. The summed E-state index contributed by atoms with van der Waals surface area (Å²) < 4.78 is 5.70. The highest BCUT2D eigenvalue weighted by atomic mass is 35.5. The summed E-state index contributed by atoms with van der Waals surface area (Å²) in [4.78, 5) is 3.34. The third-order valence-corrected chi connectivity index (χ3v) is 4.86. The molecule has 1 aliphatic heterocycles. The lowest BCUT2D eigenvalue weighted by Crippen LogP contribution is -2.44. The fraction of sp³-hybridized carbons (Fsp3) is 0.571. The van der Waals surface area contributed by atoms with Crippen LogP contribution in [0.2, 0.25) is 10.0 Å². The molecule has 6 heteroatoms. The predicted molar refractivity (Wildman–Crippen MR) is 87.3 cm³/mol. The van der Waals surface area contributed by atoms with Gasteiger partial charge >= 0.3 is 0 Å². The van der Waals surface area contributed by atoms with Crippen LogP contribution in [0.4, 0.5) is 0 Å². The van der Waals surface area contributed by atoms with Crippen LogP contribution in [0, 0.1) is 0 Å². The van der Waals surface area contributed by atoms with Crippen molar-refractivity contribution in [2.75, 3.05) is 45.6 Å². The Balaban J connectivity index is 1.70. The topological polar surface area (TPSA) is 24.5 Å². The molecule has 20 heavy (non-hydrogen) atoms. The van der Waals surface area contributed by atoms with Crippen molar-refractivity contribution in [1.82, 2.24) is 10.2 Å². The van der Waals surface area contributed by atoms with Crippen molar-refractivity contribution < 1.29 is 4.74 Å². The first kappa shape index (κ1) is 16.4. The quantitative estimate of drug-likeness (QED) is 0.808. The number of benzene rings is 1. The molecule has 1 N–H and O–H groups in total. The van der Waals surface area contributed by atoms with E-state index in [9.17, 15) is 0 Å². The molecule has 112 valence electrons. The number of ether oxygens (including phenoxy) is 1. The molecule has 0 bridgehead atoms. The molecule has 1 saturated heterocycles. The Morgan fingerprint density at radius 2 is 2.30 bits per heavy atom. The summed E-state index contributed by atoms with van der Waals surface area (Å²) in [5, 5.41) is 4.84. The molecule has 1 atom stereocenters. The van der Waals surface area contributed by atoms with Crippen molar-refractivity contribution in [3.63, 3.8) is 0 Å². The van der Waals surface area contributed by atoms with Crippen molar-refractivity contribution in [2.45, 2.75) is 11.0 Å². The van der Waals surface area contributed by atoms with Crippen molar-refractivity contribution in [2.24, 2.45) is 0 Å². The summed E-state index contributed by atoms with van der Waals surface area (Å²) in [6.45, 7) is 4.66. The van der Waals surface area contributed by atoms with E-state index in [2.05, 4.69) is 17.3 Å². The zero-order valence-electron chi connectivity index (χ0n) is 11.6. The molecule has 3 nitrogen and oxygen atoms in total. The number of thioether (sulfide) groups is 1. The lowest BCUT2D eigenvalue weighted by atomic mass is 10.3. The third-order valence-electron chi connectivity index (χ3n) is 3.14. The summed E-state index contributed by atoms with van der Waals surface area (Å²) in [5.41, 5.74) is 0. The summed E-state index contributed by atoms with van der Waals surface area (Å²) in [5.74, 6) is 0.983. The van der Waals surface area contributed by atoms with Gasteiger partial charge in [0.05, 0.1) is 17.7 Å². The van der Waals surface area contributed by atoms with E-state index in [1.165, 1.54) is 0 Å². The molecule has 2 rings (SSSR count). The summed E-state index contributed by atoms with van der Waals surface area (Å²) in [6.07, 6.45) is 0.300. The molecular formula is C14H20Cl2N2OS. The zero-order chi connectivity index (χ0) is 14.4. The molecule has 1 aromatic carbocycles. The van der Waals surface area contributed by atoms with E-state index in [1.807, 2.05) is 18.2 Å². The first-order chi connectivity index (χ1) is 9.65. The van der Waals surface area contributed by atoms with Gasteiger partial charge in [-0.25, -0.2) is 0 Å². The van der Waals surface area contributed by atoms with Gasteiger partial charge in [0.25, 0.3) is 0 Å². The van der Waals surface area contributed by atoms with E-state index < -0.39 is 0 Å². The number of halogens is 2. The van der Waals surface area contributed by atoms with Gasteiger partial charge in [0.1, 0.15) is 0 Å². The lowest BCUT2D eigenvalue weighted by Gasteiger charge is -2.27. The number of hydrogen-bond acceptors (Lipinski definition) is 4. The second kappa shape index (κ2) is 8.47. The molecule has 1 aromatic rings. The lowest BCUT2D eigenvalue weighted by molar-refractivity contribution is 0.0110. The number of likely N-dealkylation sites (N-methyl/N-ethyl adjacent to an activating group) is 1. The molecule has 0 saturated carbocycles. The van der Waals surface area contributed by atoms with Gasteiger partial charge in [0.15, 0.2) is 0 Å². The van der Waals surface area contributed by atoms with Crippen molar-refractivity contribution >= 4 is 35.0 Å². The Kier molecular flexibility index (Phi) is 6.94. The minimum Gasteiger partial charge on any atom is -0.374 e. The van der Waals surface area contributed by atoms with Crippen LogP contribution >= 0.6 is 35.0 Å². The van der Waals surface area contributed by atoms with Crippen LogP contribution < -0.4 is 5.32 Å². The van der Waals surface area contributed by atoms with Crippen molar-refractivity contribution in [3.8, 4) is 0 Å². The smallest absolute Gasteiger partial charge is 0.0826 e. The molecule has 1 unspecified atom stereocenters. The van der Waals surface area contributed by atoms with Gasteiger partial charge in [-0.3, -0.25) is 0 Å². The van der Waals surface area contributed by atoms with Gasteiger partial charge in [-0.2, -0.15) is 0 Å². The van der Waals surface area contributed by atoms with Gasteiger partial charge in [0.2, 0.25) is 0 Å². The van der Waals surface area contributed by atoms with Gasteiger partial charge in [-0.05, 0) is 25.2 Å². The maximum Gasteiger partial charge on any atom is 0.0826 e. The standard InChI is InChI=1S/C14H20Cl2N2OS/c1-18(10-12-9-17-4-6-19-12)5-7-20-14-8-11(15)2-3-13(14)16/h2-3,8,12,17H,4-7,9-10H2,1H3. The number of nitrogens with zero attached hydrogens (tertiary/aromatic N) is 1. The fourth-order valence-corrected chi connectivity index (χ4v) is 3.63. The largest absolute Gasteiger partial charge is 0.374 e. The molecule has 1 fully saturated rings. The summed E-state index contributed by atoms with van der Waals surface area (Å²) in [6, 6.07) is 5.58. The van der Waals surface area contributed by atoms with Crippen molar-refractivity contribution in [3.05, 3.63) is 28.2 Å². The molecule has 1 heterocycles. The molecule has 1 aliphatic rings. The number of morpholine rings is 1. The fourth-order valence-electron chi connectivity index (χ4n) is 2.08. The maximum absolute atomic E-state index is 6.15. The van der Waals surface area contributed by atoms with E-state index in [1.54, 1.807) is 11.8 Å². The number of nitrogens with one attached hydrogen (secondary N) is 1. The second-order valence-corrected chi connectivity index (χ2v) is 6.86. The van der Waals surface area contributed by atoms with Gasteiger partial charge in [-0.1, -0.05) is 23.2 Å². The highest BCUT2D eigenvalue weighted by Gasteiger charge is 2.15. The average molecular weight is 335 g/mol. The van der Waals surface area contributed by atoms with Gasteiger partial charge in [0, 0.05) is 41.8 Å². The molecule has 0 radical (unpaired) electrons. The highest BCUT2D eigenvalue weighted by molar-refractivity contribution is 7.99. The van der Waals surface area contributed by atoms with E-state index in [-0.39, 0.29) is 0 Å². The van der Waals surface area contributed by atoms with Gasteiger partial charge in [-0.15, -0.1) is 11.8 Å². The minimum atomic E-state index is 0.300. The molecule has 0 spiro atoms. The van der Waals surface area contributed by atoms with Gasteiger partial charge < -0.3 is 15.0 Å². The zero-order valence-corrected chi connectivity index (χ0v) is 13.9. The SMILES string of the molecule is CN(CCSc1cc(Cl)ccc1Cl)CC1CNCCO1. The average Bonchev–Trinajstić information content (AvgIpc) is 2.44. The van der Waals surface area contributed by atoms with Crippen LogP contribution in [0.25, 0.3) is 0 Å². The minimum absolute atomic E-state index is 0.300. The normalized spacial score (nSPS) is 19.5. The van der Waals surface area contributed by atoms with Crippen LogP contribution in [0.5, 0.6) is 0 Å².